The smallest absolute Gasteiger partial charge is 0.244 e. The maximum absolute atomic E-state index is 11.9. The van der Waals surface area contributed by atoms with Crippen molar-refractivity contribution in [1.82, 2.24) is 24.9 Å². The number of nitrogens with two attached hydrogens (primary N) is 1. The number of nitrogen functional groups attached to an aromatic ring is 1. The molecule has 0 fully saturated rings. The molecule has 0 radical (unpaired) electrons. The van der Waals surface area contributed by atoms with Crippen LogP contribution in [-0.2, 0) is 16.6 Å². The second-order valence-corrected chi connectivity index (χ2v) is 4.88. The molecule has 90 valence electrons. The number of rotatable bonds is 4. The molecular weight excluding hydrogens is 244 g/mol. The van der Waals surface area contributed by atoms with Gasteiger partial charge < -0.3 is 5.73 Å². The van der Waals surface area contributed by atoms with Crippen LogP contribution in [0.3, 0.4) is 0 Å². The van der Waals surface area contributed by atoms with E-state index in [4.69, 9.17) is 5.73 Å². The van der Waals surface area contributed by atoms with Crippen molar-refractivity contribution in [3.63, 3.8) is 0 Å². The van der Waals surface area contributed by atoms with Crippen LogP contribution >= 0.6 is 0 Å². The van der Waals surface area contributed by atoms with Crippen LogP contribution in [0.2, 0.25) is 0 Å². The number of hydrogen-bond donors (Lipinski definition) is 3. The van der Waals surface area contributed by atoms with Gasteiger partial charge in [0.1, 0.15) is 22.9 Å². The number of pyridine rings is 1. The van der Waals surface area contributed by atoms with Crippen LogP contribution in [0.1, 0.15) is 5.82 Å². The molecule has 2 rings (SSSR count). The predicted octanol–water partition coefficient (Wildman–Crippen LogP) is -0.740. The zero-order valence-electron chi connectivity index (χ0n) is 8.66. The molecule has 0 aliphatic heterocycles. The predicted molar refractivity (Wildman–Crippen MR) is 59.1 cm³/mol. The number of aromatic amines is 1. The fourth-order valence-electron chi connectivity index (χ4n) is 1.19. The first-order valence-electron chi connectivity index (χ1n) is 4.64. The molecule has 0 spiro atoms. The maximum atomic E-state index is 11.9. The van der Waals surface area contributed by atoms with Crippen molar-refractivity contribution < 1.29 is 8.42 Å². The molecule has 17 heavy (non-hydrogen) atoms. The SMILES string of the molecule is Nc1ncccc1S(=O)(=O)NCc1ncn[nH]1. The molecule has 2 heterocycles. The molecule has 0 aliphatic carbocycles. The third kappa shape index (κ3) is 2.57. The summed E-state index contributed by atoms with van der Waals surface area (Å²) in [5.74, 6) is 0.369. The Kier molecular flexibility index (Phi) is 3.02. The van der Waals surface area contributed by atoms with E-state index in [0.29, 0.717) is 5.82 Å². The molecule has 0 aliphatic rings. The van der Waals surface area contributed by atoms with Gasteiger partial charge in [-0.15, -0.1) is 0 Å². The van der Waals surface area contributed by atoms with E-state index in [1.54, 1.807) is 0 Å². The minimum absolute atomic E-state index is 0.0106. The van der Waals surface area contributed by atoms with Crippen molar-refractivity contribution in [2.45, 2.75) is 11.4 Å². The van der Waals surface area contributed by atoms with E-state index in [0.717, 1.165) is 0 Å². The van der Waals surface area contributed by atoms with Gasteiger partial charge in [0, 0.05) is 6.20 Å². The highest BCUT2D eigenvalue weighted by molar-refractivity contribution is 7.89. The molecular formula is C8H10N6O2S. The highest BCUT2D eigenvalue weighted by Crippen LogP contribution is 2.14. The molecule has 9 heteroatoms. The average molecular weight is 254 g/mol. The number of aromatic nitrogens is 4. The summed E-state index contributed by atoms with van der Waals surface area (Å²) >= 11 is 0. The van der Waals surface area contributed by atoms with Gasteiger partial charge in [0.25, 0.3) is 0 Å². The molecule has 0 aromatic carbocycles. The Balaban J connectivity index is 2.17. The lowest BCUT2D eigenvalue weighted by Crippen LogP contribution is -2.25. The van der Waals surface area contributed by atoms with E-state index < -0.39 is 10.0 Å². The normalized spacial score (nSPS) is 11.5. The lowest BCUT2D eigenvalue weighted by atomic mass is 10.5. The molecule has 0 bridgehead atoms. The van der Waals surface area contributed by atoms with E-state index in [-0.39, 0.29) is 17.3 Å². The fraction of sp³-hybridized carbons (Fsp3) is 0.125. The van der Waals surface area contributed by atoms with Crippen LogP contribution in [0.15, 0.2) is 29.6 Å². The summed E-state index contributed by atoms with van der Waals surface area (Å²) in [6.07, 6.45) is 2.72. The van der Waals surface area contributed by atoms with Crippen LogP contribution < -0.4 is 10.5 Å². The second kappa shape index (κ2) is 4.47. The Hall–Kier alpha value is -2.00. The van der Waals surface area contributed by atoms with E-state index in [1.165, 1.54) is 24.7 Å². The van der Waals surface area contributed by atoms with Crippen molar-refractivity contribution in [3.05, 3.63) is 30.5 Å². The van der Waals surface area contributed by atoms with Crippen LogP contribution in [0, 0.1) is 0 Å². The Morgan fingerprint density at radius 2 is 2.24 bits per heavy atom. The molecule has 8 nitrogen and oxygen atoms in total. The standard InChI is InChI=1S/C8H10N6O2S/c9-8-6(2-1-3-10-8)17(15,16)13-4-7-11-5-12-14-7/h1-3,5,13H,4H2,(H2,9,10)(H,11,12,14). The average Bonchev–Trinajstić information content (AvgIpc) is 2.80. The van der Waals surface area contributed by atoms with Crippen molar-refractivity contribution in [3.8, 4) is 0 Å². The number of H-pyrrole nitrogens is 1. The number of nitrogens with zero attached hydrogens (tertiary/aromatic N) is 3. The molecule has 0 saturated heterocycles. The largest absolute Gasteiger partial charge is 0.383 e. The van der Waals surface area contributed by atoms with Gasteiger partial charge in [-0.05, 0) is 12.1 Å². The van der Waals surface area contributed by atoms with Crippen LogP contribution in [0.25, 0.3) is 0 Å². The molecule has 2 aromatic heterocycles. The third-order valence-electron chi connectivity index (χ3n) is 1.98. The Morgan fingerprint density at radius 1 is 1.41 bits per heavy atom. The van der Waals surface area contributed by atoms with Gasteiger partial charge in [-0.25, -0.2) is 23.1 Å². The van der Waals surface area contributed by atoms with Crippen molar-refractivity contribution in [1.29, 1.82) is 0 Å². The Bertz CT molecular complexity index is 594. The van der Waals surface area contributed by atoms with Gasteiger partial charge in [-0.3, -0.25) is 5.10 Å². The third-order valence-corrected chi connectivity index (χ3v) is 3.43. The van der Waals surface area contributed by atoms with Gasteiger partial charge in [0.15, 0.2) is 0 Å². The van der Waals surface area contributed by atoms with Gasteiger partial charge >= 0.3 is 0 Å². The van der Waals surface area contributed by atoms with Gasteiger partial charge in [0.05, 0.1) is 6.54 Å². The molecule has 0 unspecified atom stereocenters. The number of hydrogen-bond acceptors (Lipinski definition) is 6. The van der Waals surface area contributed by atoms with Crippen molar-refractivity contribution in [2.24, 2.45) is 0 Å². The number of sulfonamides is 1. The van der Waals surface area contributed by atoms with Gasteiger partial charge in [0.2, 0.25) is 10.0 Å². The van der Waals surface area contributed by atoms with Crippen LogP contribution in [0.5, 0.6) is 0 Å². The summed E-state index contributed by atoms with van der Waals surface area (Å²) in [6, 6.07) is 2.88. The van der Waals surface area contributed by atoms with E-state index in [1.807, 2.05) is 0 Å². The Morgan fingerprint density at radius 3 is 2.88 bits per heavy atom. The summed E-state index contributed by atoms with van der Waals surface area (Å²) in [5.41, 5.74) is 5.49. The summed E-state index contributed by atoms with van der Waals surface area (Å²) in [7, 11) is -3.69. The highest BCUT2D eigenvalue weighted by Gasteiger charge is 2.17. The lowest BCUT2D eigenvalue weighted by Gasteiger charge is -2.06. The summed E-state index contributed by atoms with van der Waals surface area (Å²) in [6.45, 7) is 0.0106. The van der Waals surface area contributed by atoms with Crippen molar-refractivity contribution >= 4 is 15.8 Å². The van der Waals surface area contributed by atoms with Crippen LogP contribution in [0.4, 0.5) is 5.82 Å². The lowest BCUT2D eigenvalue weighted by molar-refractivity contribution is 0.579. The first-order valence-corrected chi connectivity index (χ1v) is 6.12. The van der Waals surface area contributed by atoms with E-state index >= 15 is 0 Å². The minimum atomic E-state index is -3.69. The molecule has 0 saturated carbocycles. The molecule has 2 aromatic rings. The molecule has 4 N–H and O–H groups in total. The first-order chi connectivity index (χ1) is 8.09. The van der Waals surface area contributed by atoms with E-state index in [2.05, 4.69) is 24.9 Å². The molecule has 0 amide bonds. The van der Waals surface area contributed by atoms with Crippen molar-refractivity contribution in [2.75, 3.05) is 5.73 Å². The number of anilines is 1. The Labute approximate surface area is 97.3 Å². The summed E-state index contributed by atoms with van der Waals surface area (Å²) in [5, 5.41) is 6.15. The topological polar surface area (TPSA) is 127 Å². The van der Waals surface area contributed by atoms with E-state index in [9.17, 15) is 8.42 Å². The summed E-state index contributed by atoms with van der Waals surface area (Å²) < 4.78 is 26.0. The zero-order chi connectivity index (χ0) is 12.3. The number of nitrogens with one attached hydrogen (secondary N) is 2. The van der Waals surface area contributed by atoms with Gasteiger partial charge in [-0.1, -0.05) is 0 Å². The van der Waals surface area contributed by atoms with Gasteiger partial charge in [-0.2, -0.15) is 5.10 Å². The highest BCUT2D eigenvalue weighted by atomic mass is 32.2. The first kappa shape index (κ1) is 11.5. The fourth-order valence-corrected chi connectivity index (χ4v) is 2.26. The zero-order valence-corrected chi connectivity index (χ0v) is 9.48. The van der Waals surface area contributed by atoms with Crippen LogP contribution in [-0.4, -0.2) is 28.6 Å². The quantitative estimate of drug-likeness (QED) is 0.659. The maximum Gasteiger partial charge on any atom is 0.244 e. The molecule has 0 atom stereocenters. The monoisotopic (exact) mass is 254 g/mol. The minimum Gasteiger partial charge on any atom is -0.383 e. The summed E-state index contributed by atoms with van der Waals surface area (Å²) in [4.78, 5) is 7.45. The second-order valence-electron chi connectivity index (χ2n) is 3.14.